The molecule has 1 heterocycles. The number of hydrogen-bond donors (Lipinski definition) is 0. The van der Waals surface area contributed by atoms with Crippen LogP contribution >= 0.6 is 11.5 Å². The van der Waals surface area contributed by atoms with E-state index in [9.17, 15) is 0 Å². The molecule has 88 valence electrons. The standard InChI is InChI=1S/C13H10N4S/c1-3-7-11(8-4-1)14-13-17(15-16-18-13)12-9-5-2-6-10-12/h1-10H. The van der Waals surface area contributed by atoms with Crippen molar-refractivity contribution in [2.75, 3.05) is 0 Å². The molecule has 0 N–H and O–H groups in total. The summed E-state index contributed by atoms with van der Waals surface area (Å²) in [7, 11) is 0. The van der Waals surface area contributed by atoms with E-state index < -0.39 is 0 Å². The monoisotopic (exact) mass is 254 g/mol. The summed E-state index contributed by atoms with van der Waals surface area (Å²) in [5.74, 6) is 0. The average Bonchev–Trinajstić information content (AvgIpc) is 2.89. The number of aromatic nitrogens is 3. The van der Waals surface area contributed by atoms with Gasteiger partial charge >= 0.3 is 0 Å². The molecule has 0 atom stereocenters. The zero-order chi connectivity index (χ0) is 12.2. The highest BCUT2D eigenvalue weighted by atomic mass is 32.1. The van der Waals surface area contributed by atoms with Gasteiger partial charge in [0.15, 0.2) is 0 Å². The summed E-state index contributed by atoms with van der Waals surface area (Å²) in [4.78, 5) is 5.29. The molecule has 18 heavy (non-hydrogen) atoms. The maximum absolute atomic E-state index is 4.53. The van der Waals surface area contributed by atoms with Crippen molar-refractivity contribution in [2.24, 2.45) is 4.99 Å². The fraction of sp³-hybridized carbons (Fsp3) is 0. The highest BCUT2D eigenvalue weighted by Gasteiger charge is 2.01. The fourth-order valence-corrected chi connectivity index (χ4v) is 2.13. The third-order valence-corrected chi connectivity index (χ3v) is 2.99. The molecule has 2 aromatic carbocycles. The molecule has 4 nitrogen and oxygen atoms in total. The molecule has 3 aromatic rings. The second-order valence-corrected chi connectivity index (χ2v) is 4.35. The van der Waals surface area contributed by atoms with Crippen molar-refractivity contribution in [3.05, 3.63) is 65.5 Å². The van der Waals surface area contributed by atoms with Crippen molar-refractivity contribution >= 4 is 17.2 Å². The Bertz CT molecular complexity index is 686. The molecule has 0 aliphatic heterocycles. The molecule has 3 rings (SSSR count). The summed E-state index contributed by atoms with van der Waals surface area (Å²) >= 11 is 1.27. The third kappa shape index (κ3) is 2.21. The van der Waals surface area contributed by atoms with Gasteiger partial charge in [-0.2, -0.15) is 4.68 Å². The molecule has 0 aliphatic rings. The van der Waals surface area contributed by atoms with Crippen LogP contribution in [0.4, 0.5) is 5.69 Å². The zero-order valence-electron chi connectivity index (χ0n) is 9.47. The first kappa shape index (κ1) is 10.9. The van der Waals surface area contributed by atoms with Gasteiger partial charge in [-0.05, 0) is 29.5 Å². The van der Waals surface area contributed by atoms with Gasteiger partial charge in [0.05, 0.1) is 11.4 Å². The van der Waals surface area contributed by atoms with E-state index >= 15 is 0 Å². The van der Waals surface area contributed by atoms with Gasteiger partial charge in [0, 0.05) is 11.5 Å². The van der Waals surface area contributed by atoms with Crippen molar-refractivity contribution in [3.63, 3.8) is 0 Å². The third-order valence-electron chi connectivity index (χ3n) is 2.41. The van der Waals surface area contributed by atoms with Gasteiger partial charge in [-0.3, -0.25) is 0 Å². The Labute approximate surface area is 108 Å². The number of hydrogen-bond acceptors (Lipinski definition) is 4. The predicted octanol–water partition coefficient (Wildman–Crippen LogP) is 2.56. The second kappa shape index (κ2) is 4.93. The molecule has 0 spiro atoms. The molecule has 0 fully saturated rings. The van der Waals surface area contributed by atoms with Crippen LogP contribution in [0.25, 0.3) is 5.69 Å². The number of nitrogens with zero attached hydrogens (tertiary/aromatic N) is 4. The van der Waals surface area contributed by atoms with Crippen molar-refractivity contribution in [1.82, 2.24) is 14.4 Å². The van der Waals surface area contributed by atoms with E-state index in [0.717, 1.165) is 16.2 Å². The molecular formula is C13H10N4S. The Morgan fingerprint density at radius 2 is 1.56 bits per heavy atom. The van der Waals surface area contributed by atoms with Crippen LogP contribution in [-0.2, 0) is 0 Å². The normalized spacial score (nSPS) is 11.7. The first-order valence-corrected chi connectivity index (χ1v) is 6.28. The zero-order valence-corrected chi connectivity index (χ0v) is 10.3. The van der Waals surface area contributed by atoms with Crippen LogP contribution in [0.5, 0.6) is 0 Å². The summed E-state index contributed by atoms with van der Waals surface area (Å²) in [5, 5.41) is 4.07. The van der Waals surface area contributed by atoms with Gasteiger partial charge in [-0.25, -0.2) is 4.99 Å². The van der Waals surface area contributed by atoms with Gasteiger partial charge in [-0.15, -0.1) is 0 Å². The average molecular weight is 254 g/mol. The van der Waals surface area contributed by atoms with Crippen LogP contribution in [-0.4, -0.2) is 14.4 Å². The number of benzene rings is 2. The van der Waals surface area contributed by atoms with Crippen LogP contribution in [0.3, 0.4) is 0 Å². The Morgan fingerprint density at radius 1 is 0.889 bits per heavy atom. The molecule has 0 aliphatic carbocycles. The fourth-order valence-electron chi connectivity index (χ4n) is 1.58. The van der Waals surface area contributed by atoms with Gasteiger partial charge in [0.2, 0.25) is 4.80 Å². The van der Waals surface area contributed by atoms with E-state index in [2.05, 4.69) is 14.7 Å². The van der Waals surface area contributed by atoms with Crippen LogP contribution in [0.15, 0.2) is 65.7 Å². The van der Waals surface area contributed by atoms with E-state index in [1.807, 2.05) is 60.7 Å². The van der Waals surface area contributed by atoms with E-state index in [1.54, 1.807) is 4.68 Å². The van der Waals surface area contributed by atoms with Crippen LogP contribution < -0.4 is 4.80 Å². The Hall–Kier alpha value is -2.27. The topological polar surface area (TPSA) is 43.1 Å². The van der Waals surface area contributed by atoms with Crippen LogP contribution in [0.2, 0.25) is 0 Å². The highest BCUT2D eigenvalue weighted by Crippen LogP contribution is 2.09. The molecule has 5 heteroatoms. The second-order valence-electron chi connectivity index (χ2n) is 3.64. The minimum Gasteiger partial charge on any atom is -0.218 e. The Balaban J connectivity index is 2.11. The molecule has 0 amide bonds. The predicted molar refractivity (Wildman–Crippen MR) is 70.9 cm³/mol. The molecule has 0 unspecified atom stereocenters. The SMILES string of the molecule is c1ccc(N=c2snnn2-c2ccccc2)cc1. The minimum atomic E-state index is 0.757. The minimum absolute atomic E-state index is 0.757. The lowest BCUT2D eigenvalue weighted by Crippen LogP contribution is -2.13. The van der Waals surface area contributed by atoms with E-state index in [1.165, 1.54) is 11.5 Å². The lowest BCUT2D eigenvalue weighted by atomic mass is 10.3. The maximum atomic E-state index is 4.53. The molecular weight excluding hydrogens is 244 g/mol. The summed E-state index contributed by atoms with van der Waals surface area (Å²) in [6.07, 6.45) is 0. The number of rotatable bonds is 2. The van der Waals surface area contributed by atoms with Gasteiger partial charge in [0.25, 0.3) is 0 Å². The quantitative estimate of drug-likeness (QED) is 0.705. The summed E-state index contributed by atoms with van der Waals surface area (Å²) < 4.78 is 5.69. The van der Waals surface area contributed by atoms with Crippen molar-refractivity contribution < 1.29 is 0 Å². The van der Waals surface area contributed by atoms with Crippen molar-refractivity contribution in [2.45, 2.75) is 0 Å². The molecule has 0 saturated carbocycles. The van der Waals surface area contributed by atoms with Gasteiger partial charge in [-0.1, -0.05) is 40.9 Å². The van der Waals surface area contributed by atoms with Crippen LogP contribution in [0, 0.1) is 0 Å². The largest absolute Gasteiger partial charge is 0.232 e. The number of para-hydroxylation sites is 2. The van der Waals surface area contributed by atoms with E-state index in [0.29, 0.717) is 0 Å². The van der Waals surface area contributed by atoms with Crippen molar-refractivity contribution in [3.8, 4) is 5.69 Å². The molecule has 0 bridgehead atoms. The lowest BCUT2D eigenvalue weighted by molar-refractivity contribution is 0.776. The van der Waals surface area contributed by atoms with Gasteiger partial charge in [0.1, 0.15) is 0 Å². The highest BCUT2D eigenvalue weighted by molar-refractivity contribution is 7.02. The van der Waals surface area contributed by atoms with E-state index in [4.69, 9.17) is 0 Å². The first-order chi connectivity index (χ1) is 8.93. The summed E-state index contributed by atoms with van der Waals surface area (Å²) in [6, 6.07) is 19.6. The van der Waals surface area contributed by atoms with Crippen LogP contribution in [0.1, 0.15) is 0 Å². The Morgan fingerprint density at radius 3 is 2.28 bits per heavy atom. The molecule has 1 aromatic heterocycles. The maximum Gasteiger partial charge on any atom is 0.232 e. The summed E-state index contributed by atoms with van der Waals surface area (Å²) in [5.41, 5.74) is 1.86. The lowest BCUT2D eigenvalue weighted by Gasteiger charge is -1.98. The smallest absolute Gasteiger partial charge is 0.218 e. The van der Waals surface area contributed by atoms with Crippen molar-refractivity contribution in [1.29, 1.82) is 0 Å². The first-order valence-electron chi connectivity index (χ1n) is 5.50. The molecule has 0 saturated heterocycles. The molecule has 0 radical (unpaired) electrons. The van der Waals surface area contributed by atoms with E-state index in [-0.39, 0.29) is 0 Å². The van der Waals surface area contributed by atoms with Gasteiger partial charge < -0.3 is 0 Å². The summed E-state index contributed by atoms with van der Waals surface area (Å²) in [6.45, 7) is 0. The Kier molecular flexibility index (Phi) is 2.97.